The van der Waals surface area contributed by atoms with Crippen LogP contribution in [0.25, 0.3) is 0 Å². The zero-order chi connectivity index (χ0) is 17.4. The van der Waals surface area contributed by atoms with Gasteiger partial charge in [-0.1, -0.05) is 42.1 Å². The van der Waals surface area contributed by atoms with E-state index in [0.717, 1.165) is 23.4 Å². The van der Waals surface area contributed by atoms with Crippen LogP contribution in [-0.4, -0.2) is 35.4 Å². The van der Waals surface area contributed by atoms with E-state index in [2.05, 4.69) is 13.0 Å². The number of aromatic hydroxyl groups is 1. The van der Waals surface area contributed by atoms with Gasteiger partial charge in [-0.25, -0.2) is 0 Å². The van der Waals surface area contributed by atoms with Gasteiger partial charge in [-0.05, 0) is 42.7 Å². The summed E-state index contributed by atoms with van der Waals surface area (Å²) >= 11 is 1.48. The number of hydrogen-bond donors (Lipinski definition) is 2. The summed E-state index contributed by atoms with van der Waals surface area (Å²) in [5.74, 6) is 0.258. The first-order chi connectivity index (χ1) is 11.6. The van der Waals surface area contributed by atoms with Crippen LogP contribution >= 0.6 is 11.8 Å². The third-order valence-corrected chi connectivity index (χ3v) is 4.80. The Kier molecular flexibility index (Phi) is 7.15. The van der Waals surface area contributed by atoms with Gasteiger partial charge < -0.3 is 14.7 Å². The van der Waals surface area contributed by atoms with Gasteiger partial charge in [0, 0.05) is 31.7 Å². The van der Waals surface area contributed by atoms with Crippen LogP contribution in [0.5, 0.6) is 5.75 Å². The summed E-state index contributed by atoms with van der Waals surface area (Å²) in [6, 6.07) is 15.3. The minimum Gasteiger partial charge on any atom is -0.508 e. The number of aryl methyl sites for hydroxylation is 1. The largest absolute Gasteiger partial charge is 0.508 e. The van der Waals surface area contributed by atoms with Crippen LogP contribution in [0.15, 0.2) is 53.4 Å². The molecule has 2 aromatic rings. The molecular weight excluding hydrogens is 320 g/mol. The highest BCUT2D eigenvalue weighted by atomic mass is 32.2. The number of thioether (sulfide) groups is 1. The molecular formula is C19H24N2O2S. The van der Waals surface area contributed by atoms with Crippen molar-refractivity contribution in [1.29, 1.82) is 5.41 Å². The maximum atomic E-state index is 9.42. The molecule has 0 spiro atoms. The number of nitrogens with zero attached hydrogens (tertiary/aromatic N) is 1. The Hall–Kier alpha value is -1.98. The average molecular weight is 344 g/mol. The second-order valence-electron chi connectivity index (χ2n) is 5.61. The molecule has 0 aliphatic rings. The van der Waals surface area contributed by atoms with E-state index in [9.17, 15) is 5.11 Å². The van der Waals surface area contributed by atoms with Crippen LogP contribution in [0, 0.1) is 12.3 Å². The van der Waals surface area contributed by atoms with Crippen molar-refractivity contribution in [2.45, 2.75) is 24.8 Å². The van der Waals surface area contributed by atoms with E-state index in [-0.39, 0.29) is 5.75 Å². The van der Waals surface area contributed by atoms with Crippen LogP contribution in [0.4, 0.5) is 0 Å². The van der Waals surface area contributed by atoms with Crippen molar-refractivity contribution in [3.63, 3.8) is 0 Å². The smallest absolute Gasteiger partial charge is 0.161 e. The lowest BCUT2D eigenvalue weighted by Gasteiger charge is -2.25. The van der Waals surface area contributed by atoms with Crippen LogP contribution in [0.3, 0.4) is 0 Å². The number of hydrogen-bond acceptors (Lipinski definition) is 4. The van der Waals surface area contributed by atoms with Gasteiger partial charge in [-0.15, -0.1) is 0 Å². The molecule has 0 fully saturated rings. The Bertz CT molecular complexity index is 659. The molecule has 0 unspecified atom stereocenters. The maximum Gasteiger partial charge on any atom is 0.161 e. The van der Waals surface area contributed by atoms with Crippen LogP contribution in [0.2, 0.25) is 0 Å². The van der Waals surface area contributed by atoms with Gasteiger partial charge in [0.1, 0.15) is 5.75 Å². The van der Waals surface area contributed by atoms with E-state index in [4.69, 9.17) is 10.1 Å². The molecule has 2 rings (SSSR count). The highest BCUT2D eigenvalue weighted by molar-refractivity contribution is 8.13. The third kappa shape index (κ3) is 5.58. The standard InChI is InChI=1S/C19H24N2O2S/c1-15-6-3-4-7-18(15)24-19(20)21(12-5-13-23-2)14-16-8-10-17(22)11-9-16/h3-4,6-11,20,22H,5,12-14H2,1-2H3. The van der Waals surface area contributed by atoms with Crippen LogP contribution in [-0.2, 0) is 11.3 Å². The number of rotatable bonds is 7. The summed E-state index contributed by atoms with van der Waals surface area (Å²) < 4.78 is 5.14. The van der Waals surface area contributed by atoms with Crippen molar-refractivity contribution in [3.8, 4) is 5.75 Å². The maximum absolute atomic E-state index is 9.42. The summed E-state index contributed by atoms with van der Waals surface area (Å²) in [7, 11) is 1.69. The number of methoxy groups -OCH3 is 1. The van der Waals surface area contributed by atoms with Crippen LogP contribution in [0.1, 0.15) is 17.5 Å². The molecule has 0 saturated carbocycles. The fraction of sp³-hybridized carbons (Fsp3) is 0.316. The monoisotopic (exact) mass is 344 g/mol. The third-order valence-electron chi connectivity index (χ3n) is 3.67. The van der Waals surface area contributed by atoms with Gasteiger partial charge in [0.2, 0.25) is 0 Å². The molecule has 4 nitrogen and oxygen atoms in total. The van der Waals surface area contributed by atoms with E-state index in [1.165, 1.54) is 17.3 Å². The van der Waals surface area contributed by atoms with Crippen molar-refractivity contribution in [1.82, 2.24) is 4.90 Å². The first-order valence-corrected chi connectivity index (χ1v) is 8.75. The van der Waals surface area contributed by atoms with Crippen LogP contribution < -0.4 is 0 Å². The normalized spacial score (nSPS) is 10.6. The molecule has 0 atom stereocenters. The number of nitrogens with one attached hydrogen (secondary N) is 1. The Morgan fingerprint density at radius 2 is 1.88 bits per heavy atom. The molecule has 0 bridgehead atoms. The van der Waals surface area contributed by atoms with Gasteiger partial charge in [0.25, 0.3) is 0 Å². The van der Waals surface area contributed by atoms with Gasteiger partial charge in [-0.2, -0.15) is 0 Å². The summed E-state index contributed by atoms with van der Waals surface area (Å²) in [5.41, 5.74) is 2.24. The summed E-state index contributed by atoms with van der Waals surface area (Å²) in [5, 5.41) is 18.4. The zero-order valence-electron chi connectivity index (χ0n) is 14.2. The predicted octanol–water partition coefficient (Wildman–Crippen LogP) is 4.27. The minimum atomic E-state index is 0.258. The first-order valence-electron chi connectivity index (χ1n) is 7.94. The molecule has 0 aromatic heterocycles. The van der Waals surface area contributed by atoms with E-state index in [0.29, 0.717) is 18.3 Å². The zero-order valence-corrected chi connectivity index (χ0v) is 15.0. The van der Waals surface area contributed by atoms with Crippen molar-refractivity contribution < 1.29 is 9.84 Å². The highest BCUT2D eigenvalue weighted by Gasteiger charge is 2.13. The van der Waals surface area contributed by atoms with E-state index in [1.807, 2.05) is 35.2 Å². The number of phenols is 1. The molecule has 0 heterocycles. The van der Waals surface area contributed by atoms with E-state index < -0.39 is 0 Å². The molecule has 2 N–H and O–H groups in total. The van der Waals surface area contributed by atoms with E-state index in [1.54, 1.807) is 19.2 Å². The highest BCUT2D eigenvalue weighted by Crippen LogP contribution is 2.25. The second kappa shape index (κ2) is 9.35. The van der Waals surface area contributed by atoms with Gasteiger partial charge in [0.05, 0.1) is 0 Å². The molecule has 5 heteroatoms. The molecule has 0 aliphatic carbocycles. The molecule has 24 heavy (non-hydrogen) atoms. The number of ether oxygens (including phenoxy) is 1. The Labute approximate surface area is 148 Å². The topological polar surface area (TPSA) is 56.6 Å². The molecule has 128 valence electrons. The predicted molar refractivity (Wildman–Crippen MR) is 99.8 cm³/mol. The lowest BCUT2D eigenvalue weighted by molar-refractivity contribution is 0.185. The molecule has 0 saturated heterocycles. The molecule has 0 aliphatic heterocycles. The number of phenolic OH excluding ortho intramolecular Hbond substituents is 1. The first kappa shape index (κ1) is 18.4. The summed E-state index contributed by atoms with van der Waals surface area (Å²) in [6.45, 7) is 4.13. The number of amidine groups is 1. The van der Waals surface area contributed by atoms with Gasteiger partial charge in [0.15, 0.2) is 5.17 Å². The van der Waals surface area contributed by atoms with Gasteiger partial charge in [-0.3, -0.25) is 5.41 Å². The summed E-state index contributed by atoms with van der Waals surface area (Å²) in [6.07, 6.45) is 0.866. The fourth-order valence-corrected chi connectivity index (χ4v) is 3.18. The Balaban J connectivity index is 2.07. The fourth-order valence-electron chi connectivity index (χ4n) is 2.31. The summed E-state index contributed by atoms with van der Waals surface area (Å²) in [4.78, 5) is 3.15. The molecule has 0 amide bonds. The minimum absolute atomic E-state index is 0.258. The average Bonchev–Trinajstić information content (AvgIpc) is 2.58. The molecule has 0 radical (unpaired) electrons. The number of benzene rings is 2. The second-order valence-corrected chi connectivity index (χ2v) is 6.64. The van der Waals surface area contributed by atoms with Crippen molar-refractivity contribution in [2.75, 3.05) is 20.3 Å². The van der Waals surface area contributed by atoms with Gasteiger partial charge >= 0.3 is 0 Å². The van der Waals surface area contributed by atoms with Crippen molar-refractivity contribution in [3.05, 3.63) is 59.7 Å². The van der Waals surface area contributed by atoms with Crippen molar-refractivity contribution >= 4 is 16.9 Å². The molecule has 2 aromatic carbocycles. The quantitative estimate of drug-likeness (QED) is 0.341. The lowest BCUT2D eigenvalue weighted by atomic mass is 10.2. The Morgan fingerprint density at radius 1 is 1.17 bits per heavy atom. The lowest BCUT2D eigenvalue weighted by Crippen LogP contribution is -2.29. The van der Waals surface area contributed by atoms with E-state index >= 15 is 0 Å². The Morgan fingerprint density at radius 3 is 2.54 bits per heavy atom. The SMILES string of the molecule is COCCCN(Cc1ccc(O)cc1)C(=N)Sc1ccccc1C. The van der Waals surface area contributed by atoms with Crippen molar-refractivity contribution in [2.24, 2.45) is 0 Å².